The summed E-state index contributed by atoms with van der Waals surface area (Å²) >= 11 is 1.29. The highest BCUT2D eigenvalue weighted by molar-refractivity contribution is 8.14. The molecule has 0 radical (unpaired) electrons. The monoisotopic (exact) mass is 386 g/mol. The Balaban J connectivity index is 1.63. The van der Waals surface area contributed by atoms with Gasteiger partial charge in [0.05, 0.1) is 0 Å². The summed E-state index contributed by atoms with van der Waals surface area (Å²) in [5.41, 5.74) is 0.675. The lowest BCUT2D eigenvalue weighted by molar-refractivity contribution is 0.105. The summed E-state index contributed by atoms with van der Waals surface area (Å²) in [7, 11) is 0. The van der Waals surface area contributed by atoms with Gasteiger partial charge in [-0.25, -0.2) is 9.78 Å². The number of hydrogen-bond acceptors (Lipinski definition) is 6. The Kier molecular flexibility index (Phi) is 6.64. The van der Waals surface area contributed by atoms with Crippen LogP contribution in [0.15, 0.2) is 55.6 Å². The molecular formula is C19H22N4O3S. The molecule has 8 heteroatoms. The van der Waals surface area contributed by atoms with E-state index in [-0.39, 0.29) is 29.1 Å². The van der Waals surface area contributed by atoms with Gasteiger partial charge < -0.3 is 9.64 Å². The molecule has 2 atom stereocenters. The number of carbonyl (C=O) groups is 2. The SMILES string of the molecule is C=CCOC(=O)N1C[C@@H](SC(=O)c2ccccc2)C[C@H]1CCn1cncn1. The van der Waals surface area contributed by atoms with E-state index in [9.17, 15) is 9.59 Å². The molecule has 1 aliphatic rings. The quantitative estimate of drug-likeness (QED) is 0.681. The average molecular weight is 386 g/mol. The van der Waals surface area contributed by atoms with Crippen molar-refractivity contribution in [3.63, 3.8) is 0 Å². The van der Waals surface area contributed by atoms with Crippen LogP contribution in [0.3, 0.4) is 0 Å². The van der Waals surface area contributed by atoms with Gasteiger partial charge in [0.1, 0.15) is 19.3 Å². The molecule has 1 amide bonds. The fraction of sp³-hybridized carbons (Fsp3) is 0.368. The normalized spacial score (nSPS) is 19.0. The van der Waals surface area contributed by atoms with Crippen LogP contribution in [0.25, 0.3) is 0 Å². The lowest BCUT2D eigenvalue weighted by Gasteiger charge is -2.23. The van der Waals surface area contributed by atoms with Crippen LogP contribution in [0.2, 0.25) is 0 Å². The van der Waals surface area contributed by atoms with E-state index in [2.05, 4.69) is 16.7 Å². The molecule has 3 rings (SSSR count). The van der Waals surface area contributed by atoms with Crippen LogP contribution >= 0.6 is 11.8 Å². The fourth-order valence-corrected chi connectivity index (χ4v) is 4.22. The van der Waals surface area contributed by atoms with Gasteiger partial charge >= 0.3 is 6.09 Å². The van der Waals surface area contributed by atoms with Gasteiger partial charge in [0.15, 0.2) is 0 Å². The van der Waals surface area contributed by atoms with Crippen molar-refractivity contribution in [1.29, 1.82) is 0 Å². The number of hydrogen-bond donors (Lipinski definition) is 0. The molecule has 2 heterocycles. The van der Waals surface area contributed by atoms with Gasteiger partial charge in [0.2, 0.25) is 5.12 Å². The molecule has 7 nitrogen and oxygen atoms in total. The molecule has 27 heavy (non-hydrogen) atoms. The Morgan fingerprint density at radius 2 is 2.15 bits per heavy atom. The number of nitrogens with zero attached hydrogens (tertiary/aromatic N) is 4. The molecule has 1 fully saturated rings. The summed E-state index contributed by atoms with van der Waals surface area (Å²) < 4.78 is 6.96. The highest BCUT2D eigenvalue weighted by Crippen LogP contribution is 2.32. The third-order valence-corrected chi connectivity index (χ3v) is 5.50. The maximum Gasteiger partial charge on any atom is 0.410 e. The van der Waals surface area contributed by atoms with Crippen LogP contribution in [0.4, 0.5) is 4.79 Å². The second kappa shape index (κ2) is 9.36. The van der Waals surface area contributed by atoms with E-state index in [0.29, 0.717) is 18.7 Å². The standard InChI is InChI=1S/C19H22N4O3S/c1-2-10-26-19(25)23-12-17(27-18(24)15-6-4-3-5-7-15)11-16(23)8-9-22-14-20-13-21-22/h2-7,13-14,16-17H,1,8-12H2/t16-,17+/m1/s1. The number of rotatable bonds is 7. The van der Waals surface area contributed by atoms with Gasteiger partial charge in [-0.1, -0.05) is 54.7 Å². The summed E-state index contributed by atoms with van der Waals surface area (Å²) in [5.74, 6) is 0. The molecule has 1 saturated heterocycles. The average Bonchev–Trinajstić information content (AvgIpc) is 3.35. The molecule has 0 bridgehead atoms. The first-order chi connectivity index (χ1) is 13.2. The predicted octanol–water partition coefficient (Wildman–Crippen LogP) is 3.01. The molecule has 2 aromatic rings. The number of ether oxygens (including phenoxy) is 1. The lowest BCUT2D eigenvalue weighted by atomic mass is 10.1. The van der Waals surface area contributed by atoms with Crippen LogP contribution in [0.1, 0.15) is 23.2 Å². The number of carbonyl (C=O) groups excluding carboxylic acids is 2. The Morgan fingerprint density at radius 1 is 1.33 bits per heavy atom. The number of aryl methyl sites for hydroxylation is 1. The number of benzene rings is 1. The first kappa shape index (κ1) is 19.2. The van der Waals surface area contributed by atoms with Crippen molar-refractivity contribution in [2.75, 3.05) is 13.2 Å². The molecule has 0 unspecified atom stereocenters. The fourth-order valence-electron chi connectivity index (χ4n) is 3.09. The second-order valence-corrected chi connectivity index (χ2v) is 7.52. The minimum atomic E-state index is -0.367. The molecule has 1 aliphatic heterocycles. The molecule has 0 N–H and O–H groups in total. The van der Waals surface area contributed by atoms with Crippen molar-refractivity contribution >= 4 is 23.0 Å². The zero-order chi connectivity index (χ0) is 19.1. The second-order valence-electron chi connectivity index (χ2n) is 6.25. The topological polar surface area (TPSA) is 77.3 Å². The van der Waals surface area contributed by atoms with Gasteiger partial charge in [-0.3, -0.25) is 9.48 Å². The molecule has 0 aliphatic carbocycles. The van der Waals surface area contributed by atoms with E-state index >= 15 is 0 Å². The number of aromatic nitrogens is 3. The Morgan fingerprint density at radius 3 is 2.85 bits per heavy atom. The van der Waals surface area contributed by atoms with Crippen LogP contribution in [0, 0.1) is 0 Å². The van der Waals surface area contributed by atoms with Crippen molar-refractivity contribution < 1.29 is 14.3 Å². The molecule has 142 valence electrons. The van der Waals surface area contributed by atoms with Crippen LogP contribution in [0.5, 0.6) is 0 Å². The first-order valence-electron chi connectivity index (χ1n) is 8.80. The smallest absolute Gasteiger partial charge is 0.410 e. The Labute approximate surface area is 162 Å². The third-order valence-electron chi connectivity index (χ3n) is 4.38. The zero-order valence-corrected chi connectivity index (χ0v) is 15.8. The molecule has 1 aromatic heterocycles. The van der Waals surface area contributed by atoms with Crippen LogP contribution < -0.4 is 0 Å². The minimum Gasteiger partial charge on any atom is -0.445 e. The van der Waals surface area contributed by atoms with E-state index in [1.165, 1.54) is 18.1 Å². The summed E-state index contributed by atoms with van der Waals surface area (Å²) in [6.07, 6.45) is 5.78. The summed E-state index contributed by atoms with van der Waals surface area (Å²) in [6, 6.07) is 9.19. The molecule has 1 aromatic carbocycles. The van der Waals surface area contributed by atoms with Crippen LogP contribution in [-0.2, 0) is 11.3 Å². The number of thioether (sulfide) groups is 1. The summed E-state index contributed by atoms with van der Waals surface area (Å²) in [6.45, 7) is 4.89. The van der Waals surface area contributed by atoms with Crippen molar-refractivity contribution in [1.82, 2.24) is 19.7 Å². The zero-order valence-electron chi connectivity index (χ0n) is 14.9. The largest absolute Gasteiger partial charge is 0.445 e. The van der Waals surface area contributed by atoms with Gasteiger partial charge in [-0.2, -0.15) is 5.10 Å². The van der Waals surface area contributed by atoms with Crippen molar-refractivity contribution in [3.8, 4) is 0 Å². The van der Waals surface area contributed by atoms with Crippen molar-refractivity contribution in [2.45, 2.75) is 30.7 Å². The van der Waals surface area contributed by atoms with E-state index in [1.54, 1.807) is 22.0 Å². The minimum absolute atomic E-state index is 0.00686. The van der Waals surface area contributed by atoms with E-state index < -0.39 is 0 Å². The van der Waals surface area contributed by atoms with Crippen LogP contribution in [-0.4, -0.2) is 55.3 Å². The summed E-state index contributed by atoms with van der Waals surface area (Å²) in [4.78, 5) is 30.6. The van der Waals surface area contributed by atoms with Gasteiger partial charge in [-0.15, -0.1) is 0 Å². The molecule has 0 spiro atoms. The lowest BCUT2D eigenvalue weighted by Crippen LogP contribution is -2.37. The molecule has 0 saturated carbocycles. The Bertz CT molecular complexity index is 767. The number of amides is 1. The van der Waals surface area contributed by atoms with E-state index in [4.69, 9.17) is 4.74 Å². The highest BCUT2D eigenvalue weighted by Gasteiger charge is 2.37. The number of likely N-dealkylation sites (tertiary alicyclic amines) is 1. The predicted molar refractivity (Wildman–Crippen MR) is 103 cm³/mol. The highest BCUT2D eigenvalue weighted by atomic mass is 32.2. The molecular weight excluding hydrogens is 364 g/mol. The van der Waals surface area contributed by atoms with Gasteiger partial charge in [0.25, 0.3) is 0 Å². The van der Waals surface area contributed by atoms with Gasteiger partial charge in [-0.05, 0) is 12.8 Å². The summed E-state index contributed by atoms with van der Waals surface area (Å²) in [5, 5.41) is 4.16. The van der Waals surface area contributed by atoms with Crippen molar-refractivity contribution in [2.24, 2.45) is 0 Å². The van der Waals surface area contributed by atoms with E-state index in [0.717, 1.165) is 12.8 Å². The Hall–Kier alpha value is -2.61. The maximum absolute atomic E-state index is 12.5. The van der Waals surface area contributed by atoms with Crippen molar-refractivity contribution in [3.05, 3.63) is 61.2 Å². The third kappa shape index (κ3) is 5.19. The first-order valence-corrected chi connectivity index (χ1v) is 9.68. The van der Waals surface area contributed by atoms with Gasteiger partial charge in [0, 0.05) is 29.9 Å². The van der Waals surface area contributed by atoms with E-state index in [1.807, 2.05) is 30.3 Å². The maximum atomic E-state index is 12.5.